The van der Waals surface area contributed by atoms with Crippen molar-refractivity contribution in [2.24, 2.45) is 0 Å². The highest BCUT2D eigenvalue weighted by atomic mass is 16.2. The zero-order valence-corrected chi connectivity index (χ0v) is 17.5. The smallest absolute Gasteiger partial charge is 0.257 e. The van der Waals surface area contributed by atoms with Crippen molar-refractivity contribution in [1.82, 2.24) is 24.6 Å². The van der Waals surface area contributed by atoms with E-state index in [9.17, 15) is 9.59 Å². The summed E-state index contributed by atoms with van der Waals surface area (Å²) in [5.74, 6) is 0.663. The van der Waals surface area contributed by atoms with Crippen LogP contribution in [0.15, 0.2) is 24.4 Å². The number of carbonyl (C=O) groups is 2. The van der Waals surface area contributed by atoms with Gasteiger partial charge in [0.2, 0.25) is 5.91 Å². The van der Waals surface area contributed by atoms with E-state index in [1.54, 1.807) is 27.7 Å². The molecule has 1 aliphatic rings. The number of aryl methyl sites for hydroxylation is 2. The summed E-state index contributed by atoms with van der Waals surface area (Å²) in [6, 6.07) is 5.95. The van der Waals surface area contributed by atoms with Crippen LogP contribution >= 0.6 is 0 Å². The van der Waals surface area contributed by atoms with Crippen LogP contribution in [-0.4, -0.2) is 69.6 Å². The van der Waals surface area contributed by atoms with Crippen molar-refractivity contribution >= 4 is 17.6 Å². The van der Waals surface area contributed by atoms with Gasteiger partial charge in [-0.1, -0.05) is 6.07 Å². The van der Waals surface area contributed by atoms with Crippen molar-refractivity contribution < 1.29 is 9.59 Å². The van der Waals surface area contributed by atoms with Crippen molar-refractivity contribution in [1.29, 1.82) is 0 Å². The summed E-state index contributed by atoms with van der Waals surface area (Å²) < 4.78 is 1.80. The van der Waals surface area contributed by atoms with E-state index in [1.807, 2.05) is 32.0 Å². The van der Waals surface area contributed by atoms with Crippen molar-refractivity contribution in [3.8, 4) is 0 Å². The van der Waals surface area contributed by atoms with Gasteiger partial charge >= 0.3 is 0 Å². The van der Waals surface area contributed by atoms with Gasteiger partial charge in [-0.2, -0.15) is 5.10 Å². The highest BCUT2D eigenvalue weighted by Crippen LogP contribution is 2.13. The number of pyridine rings is 1. The minimum Gasteiger partial charge on any atom is -0.370 e. The first-order chi connectivity index (χ1) is 14.0. The van der Waals surface area contributed by atoms with Gasteiger partial charge in [-0.25, -0.2) is 4.98 Å². The summed E-state index contributed by atoms with van der Waals surface area (Å²) in [5, 5.41) is 7.60. The average Bonchev–Trinajstić information content (AvgIpc) is 3.09. The summed E-state index contributed by atoms with van der Waals surface area (Å²) in [6.45, 7) is 6.53. The molecule has 0 radical (unpaired) electrons. The van der Waals surface area contributed by atoms with Crippen LogP contribution in [0.25, 0.3) is 0 Å². The highest BCUT2D eigenvalue weighted by Gasteiger charge is 2.24. The van der Waals surface area contributed by atoms with Crippen LogP contribution in [0.1, 0.15) is 41.5 Å². The number of carbonyl (C=O) groups excluding carboxylic acids is 2. The Morgan fingerprint density at radius 2 is 2.07 bits per heavy atom. The summed E-state index contributed by atoms with van der Waals surface area (Å²) >= 11 is 0. The highest BCUT2D eigenvalue weighted by molar-refractivity contribution is 5.97. The summed E-state index contributed by atoms with van der Waals surface area (Å²) in [6.07, 6.45) is 3.90. The molecule has 2 amide bonds. The molecule has 8 heteroatoms. The van der Waals surface area contributed by atoms with Crippen LogP contribution in [-0.2, 0) is 17.8 Å². The van der Waals surface area contributed by atoms with Crippen LogP contribution in [0.3, 0.4) is 0 Å². The molecule has 1 N–H and O–H groups in total. The standard InChI is InChI=1S/C21H30N6O2/c1-4-27-16(2)18(14-23-27)21(29)26-13-6-9-17-8-5-10-19(24-17)22-11-7-12-25(3)20(28)15-26/h5,8,10,14H,4,6-7,9,11-13,15H2,1-3H3,(H,22,24). The molecule has 3 heterocycles. The third-order valence-electron chi connectivity index (χ3n) is 5.32. The predicted molar refractivity (Wildman–Crippen MR) is 112 cm³/mol. The lowest BCUT2D eigenvalue weighted by molar-refractivity contribution is -0.130. The number of rotatable bonds is 2. The molecule has 0 atom stereocenters. The first kappa shape index (κ1) is 20.8. The second-order valence-corrected chi connectivity index (χ2v) is 7.40. The predicted octanol–water partition coefficient (Wildman–Crippen LogP) is 1.96. The van der Waals surface area contributed by atoms with Crippen molar-refractivity contribution in [3.05, 3.63) is 41.3 Å². The Hall–Kier alpha value is -2.90. The molecule has 156 valence electrons. The van der Waals surface area contributed by atoms with E-state index in [0.717, 1.165) is 43.0 Å². The molecule has 3 rings (SSSR count). The van der Waals surface area contributed by atoms with E-state index >= 15 is 0 Å². The van der Waals surface area contributed by atoms with E-state index < -0.39 is 0 Å². The number of anilines is 1. The zero-order chi connectivity index (χ0) is 20.8. The van der Waals surface area contributed by atoms with E-state index in [4.69, 9.17) is 0 Å². The van der Waals surface area contributed by atoms with Crippen molar-refractivity contribution in [2.45, 2.75) is 39.7 Å². The molecule has 0 fully saturated rings. The lowest BCUT2D eigenvalue weighted by Crippen LogP contribution is -2.42. The van der Waals surface area contributed by atoms with Gasteiger partial charge in [-0.15, -0.1) is 0 Å². The van der Waals surface area contributed by atoms with Crippen molar-refractivity contribution in [2.75, 3.05) is 38.5 Å². The van der Waals surface area contributed by atoms with E-state index in [1.165, 1.54) is 0 Å². The Morgan fingerprint density at radius 3 is 2.83 bits per heavy atom. The molecule has 0 saturated carbocycles. The first-order valence-electron chi connectivity index (χ1n) is 10.2. The molecular weight excluding hydrogens is 368 g/mol. The number of hydrogen-bond acceptors (Lipinski definition) is 5. The number of amides is 2. The van der Waals surface area contributed by atoms with Crippen LogP contribution < -0.4 is 5.32 Å². The lowest BCUT2D eigenvalue weighted by atomic mass is 10.1. The minimum absolute atomic E-state index is 0.0485. The number of fused-ring (bicyclic) bond motifs is 2. The molecule has 1 aliphatic heterocycles. The molecule has 2 aromatic rings. The first-order valence-corrected chi connectivity index (χ1v) is 10.2. The third-order valence-corrected chi connectivity index (χ3v) is 5.32. The SMILES string of the molecule is CCn1ncc(C(=O)N2CCCc3cccc(n3)NCCCN(C)C(=O)C2)c1C. The molecule has 8 nitrogen and oxygen atoms in total. The van der Waals surface area contributed by atoms with Gasteiger partial charge in [-0.3, -0.25) is 14.3 Å². The summed E-state index contributed by atoms with van der Waals surface area (Å²) in [5.41, 5.74) is 2.38. The Bertz CT molecular complexity index is 863. The monoisotopic (exact) mass is 398 g/mol. The minimum atomic E-state index is -0.139. The van der Waals surface area contributed by atoms with E-state index in [2.05, 4.69) is 15.4 Å². The fraction of sp³-hybridized carbons (Fsp3) is 0.524. The maximum atomic E-state index is 13.2. The molecule has 0 aliphatic carbocycles. The van der Waals surface area contributed by atoms with Gasteiger partial charge in [0.25, 0.3) is 5.91 Å². The Kier molecular flexibility index (Phi) is 6.85. The lowest BCUT2D eigenvalue weighted by Gasteiger charge is -2.26. The molecule has 29 heavy (non-hydrogen) atoms. The zero-order valence-electron chi connectivity index (χ0n) is 17.5. The Balaban J connectivity index is 1.81. The quantitative estimate of drug-likeness (QED) is 0.836. The molecule has 2 bridgehead atoms. The van der Waals surface area contributed by atoms with Gasteiger partial charge < -0.3 is 15.1 Å². The van der Waals surface area contributed by atoms with Crippen molar-refractivity contribution in [3.63, 3.8) is 0 Å². The molecular formula is C21H30N6O2. The van der Waals surface area contributed by atoms with Gasteiger partial charge in [-0.05, 0) is 45.2 Å². The van der Waals surface area contributed by atoms with Crippen LogP contribution in [0.4, 0.5) is 5.82 Å². The fourth-order valence-electron chi connectivity index (χ4n) is 3.51. The normalized spacial score (nSPS) is 16.3. The summed E-state index contributed by atoms with van der Waals surface area (Å²) in [4.78, 5) is 33.9. The number of nitrogens with one attached hydrogen (secondary N) is 1. The molecule has 0 saturated heterocycles. The maximum Gasteiger partial charge on any atom is 0.257 e. The second-order valence-electron chi connectivity index (χ2n) is 7.40. The van der Waals surface area contributed by atoms with E-state index in [-0.39, 0.29) is 18.4 Å². The Labute approximate surface area is 171 Å². The van der Waals surface area contributed by atoms with Gasteiger partial charge in [0, 0.05) is 44.6 Å². The topological polar surface area (TPSA) is 83.4 Å². The molecule has 0 aromatic carbocycles. The number of nitrogens with zero attached hydrogens (tertiary/aromatic N) is 5. The summed E-state index contributed by atoms with van der Waals surface area (Å²) in [7, 11) is 1.79. The number of hydrogen-bond donors (Lipinski definition) is 1. The molecule has 0 unspecified atom stereocenters. The van der Waals surface area contributed by atoms with Crippen LogP contribution in [0.5, 0.6) is 0 Å². The fourth-order valence-corrected chi connectivity index (χ4v) is 3.51. The Morgan fingerprint density at radius 1 is 1.24 bits per heavy atom. The van der Waals surface area contributed by atoms with Gasteiger partial charge in [0.15, 0.2) is 0 Å². The second kappa shape index (κ2) is 9.54. The van der Waals surface area contributed by atoms with E-state index in [0.29, 0.717) is 25.2 Å². The molecule has 0 spiro atoms. The van der Waals surface area contributed by atoms with Gasteiger partial charge in [0.05, 0.1) is 11.8 Å². The van der Waals surface area contributed by atoms with Gasteiger partial charge in [0.1, 0.15) is 12.4 Å². The van der Waals surface area contributed by atoms with Crippen LogP contribution in [0, 0.1) is 6.92 Å². The number of likely N-dealkylation sites (N-methyl/N-ethyl adjacent to an activating group) is 1. The number of aromatic nitrogens is 3. The van der Waals surface area contributed by atoms with Crippen LogP contribution in [0.2, 0.25) is 0 Å². The largest absolute Gasteiger partial charge is 0.370 e. The average molecular weight is 399 g/mol. The third kappa shape index (κ3) is 5.13. The molecule has 2 aromatic heterocycles. The maximum absolute atomic E-state index is 13.2.